The van der Waals surface area contributed by atoms with Crippen molar-refractivity contribution in [1.29, 1.82) is 0 Å². The van der Waals surface area contributed by atoms with Crippen molar-refractivity contribution in [1.82, 2.24) is 15.0 Å². The van der Waals surface area contributed by atoms with E-state index in [9.17, 15) is 4.79 Å². The van der Waals surface area contributed by atoms with Crippen LogP contribution in [0.3, 0.4) is 0 Å². The Bertz CT molecular complexity index is 667. The molecule has 0 unspecified atom stereocenters. The predicted molar refractivity (Wildman–Crippen MR) is 99.0 cm³/mol. The van der Waals surface area contributed by atoms with Crippen LogP contribution >= 0.6 is 0 Å². The summed E-state index contributed by atoms with van der Waals surface area (Å²) in [5.41, 5.74) is 1.97. The van der Waals surface area contributed by atoms with Crippen molar-refractivity contribution in [3.05, 3.63) is 17.0 Å². The quantitative estimate of drug-likeness (QED) is 0.833. The van der Waals surface area contributed by atoms with Crippen LogP contribution in [0.25, 0.3) is 0 Å². The topological polar surface area (TPSA) is 49.6 Å². The van der Waals surface area contributed by atoms with E-state index in [2.05, 4.69) is 10.1 Å². The van der Waals surface area contributed by atoms with Crippen LogP contribution in [0.5, 0.6) is 0 Å². The van der Waals surface area contributed by atoms with Crippen molar-refractivity contribution in [2.75, 3.05) is 26.2 Å². The minimum Gasteiger partial charge on any atom is -0.361 e. The molecular weight excluding hydrogens is 326 g/mol. The number of hydrogen-bond donors (Lipinski definition) is 0. The fourth-order valence-corrected chi connectivity index (χ4v) is 6.93. The van der Waals surface area contributed by atoms with E-state index in [1.165, 1.54) is 38.5 Å². The van der Waals surface area contributed by atoms with E-state index in [4.69, 9.17) is 4.52 Å². The van der Waals surface area contributed by atoms with Gasteiger partial charge < -0.3 is 9.42 Å². The van der Waals surface area contributed by atoms with E-state index in [1.54, 1.807) is 0 Å². The zero-order chi connectivity index (χ0) is 17.9. The second kappa shape index (κ2) is 6.08. The summed E-state index contributed by atoms with van der Waals surface area (Å²) in [7, 11) is 0. The molecule has 5 heteroatoms. The summed E-state index contributed by atoms with van der Waals surface area (Å²) in [6.07, 6.45) is 9.46. The first-order valence-corrected chi connectivity index (χ1v) is 10.6. The van der Waals surface area contributed by atoms with Crippen LogP contribution in [0.2, 0.25) is 0 Å². The number of aryl methyl sites for hydroxylation is 2. The van der Waals surface area contributed by atoms with Gasteiger partial charge in [-0.1, -0.05) is 12.1 Å². The Hall–Kier alpha value is -1.36. The van der Waals surface area contributed by atoms with Gasteiger partial charge in [0.25, 0.3) is 5.91 Å². The third-order valence-electron chi connectivity index (χ3n) is 7.73. The standard InChI is InChI=1S/C21H31N3O2/c1-3-18-19(14(2)26-22-18)20(25)23-4-6-24(7-5-23)21-11-15-8-16(12-21)10-17(9-15)13-21/h15-17H,3-13H2,1-2H3. The monoisotopic (exact) mass is 357 g/mol. The van der Waals surface area contributed by atoms with Gasteiger partial charge in [-0.25, -0.2) is 0 Å². The van der Waals surface area contributed by atoms with Crippen LogP contribution in [0.15, 0.2) is 4.52 Å². The van der Waals surface area contributed by atoms with E-state index in [0.29, 0.717) is 16.9 Å². The van der Waals surface area contributed by atoms with Crippen LogP contribution in [0.1, 0.15) is 67.3 Å². The second-order valence-electron chi connectivity index (χ2n) is 9.34. The molecule has 0 atom stereocenters. The van der Waals surface area contributed by atoms with E-state index >= 15 is 0 Å². The Balaban J connectivity index is 1.28. The summed E-state index contributed by atoms with van der Waals surface area (Å²) in [5.74, 6) is 3.72. The molecule has 1 aliphatic heterocycles. The molecular formula is C21H31N3O2. The SMILES string of the molecule is CCc1noc(C)c1C(=O)N1CCN(C23CC4CC(CC(C4)C2)C3)CC1. The summed E-state index contributed by atoms with van der Waals surface area (Å²) >= 11 is 0. The molecule has 1 aromatic heterocycles. The molecule has 1 aromatic rings. The Kier molecular flexibility index (Phi) is 3.93. The minimum absolute atomic E-state index is 0.116. The Labute approximate surface area is 156 Å². The molecule has 0 radical (unpaired) electrons. The van der Waals surface area contributed by atoms with Gasteiger partial charge in [0.05, 0.1) is 5.69 Å². The molecule has 1 saturated heterocycles. The van der Waals surface area contributed by atoms with Gasteiger partial charge >= 0.3 is 0 Å². The summed E-state index contributed by atoms with van der Waals surface area (Å²) in [6.45, 7) is 7.63. The number of rotatable bonds is 3. The van der Waals surface area contributed by atoms with Crippen LogP contribution in [0.4, 0.5) is 0 Å². The molecule has 5 fully saturated rings. The molecule has 5 aliphatic rings. The first-order chi connectivity index (χ1) is 12.6. The van der Waals surface area contributed by atoms with Crippen LogP contribution in [0, 0.1) is 24.7 Å². The van der Waals surface area contributed by atoms with Crippen molar-refractivity contribution < 1.29 is 9.32 Å². The molecule has 4 bridgehead atoms. The number of aromatic nitrogens is 1. The van der Waals surface area contributed by atoms with Gasteiger partial charge in [-0.05, 0) is 69.6 Å². The van der Waals surface area contributed by atoms with E-state index in [0.717, 1.165) is 56.0 Å². The van der Waals surface area contributed by atoms with Crippen molar-refractivity contribution >= 4 is 5.91 Å². The summed E-state index contributed by atoms with van der Waals surface area (Å²) < 4.78 is 5.28. The van der Waals surface area contributed by atoms with Gasteiger partial charge in [0.2, 0.25) is 0 Å². The number of carbonyl (C=O) groups excluding carboxylic acids is 1. The largest absolute Gasteiger partial charge is 0.361 e. The zero-order valence-corrected chi connectivity index (χ0v) is 16.2. The molecule has 0 spiro atoms. The summed E-state index contributed by atoms with van der Waals surface area (Å²) in [6, 6.07) is 0. The molecule has 1 amide bonds. The fourth-order valence-electron chi connectivity index (χ4n) is 6.93. The molecule has 142 valence electrons. The van der Waals surface area contributed by atoms with Gasteiger partial charge in [-0.15, -0.1) is 0 Å². The Morgan fingerprint density at radius 3 is 2.19 bits per heavy atom. The molecule has 0 aromatic carbocycles. The fraction of sp³-hybridized carbons (Fsp3) is 0.810. The Morgan fingerprint density at radius 2 is 1.65 bits per heavy atom. The number of nitrogens with zero attached hydrogens (tertiary/aromatic N) is 3. The second-order valence-corrected chi connectivity index (χ2v) is 9.34. The van der Waals surface area contributed by atoms with Crippen LogP contribution in [-0.4, -0.2) is 52.6 Å². The molecule has 4 aliphatic carbocycles. The first kappa shape index (κ1) is 16.8. The van der Waals surface area contributed by atoms with Crippen molar-refractivity contribution in [3.63, 3.8) is 0 Å². The molecule has 0 N–H and O–H groups in total. The summed E-state index contributed by atoms with van der Waals surface area (Å²) in [4.78, 5) is 17.8. The zero-order valence-electron chi connectivity index (χ0n) is 16.2. The highest BCUT2D eigenvalue weighted by Gasteiger charge is 2.53. The first-order valence-electron chi connectivity index (χ1n) is 10.6. The normalized spacial score (nSPS) is 36.7. The van der Waals surface area contributed by atoms with Crippen LogP contribution in [-0.2, 0) is 6.42 Å². The average Bonchev–Trinajstić information content (AvgIpc) is 3.01. The molecule has 4 saturated carbocycles. The average molecular weight is 357 g/mol. The van der Waals surface area contributed by atoms with Crippen molar-refractivity contribution in [2.24, 2.45) is 17.8 Å². The maximum atomic E-state index is 13.0. The Morgan fingerprint density at radius 1 is 1.08 bits per heavy atom. The lowest BCUT2D eigenvalue weighted by Gasteiger charge is -2.61. The maximum Gasteiger partial charge on any atom is 0.259 e. The lowest BCUT2D eigenvalue weighted by atomic mass is 9.52. The summed E-state index contributed by atoms with van der Waals surface area (Å²) in [5, 5.41) is 4.06. The lowest BCUT2D eigenvalue weighted by Crippen LogP contribution is -2.64. The van der Waals surface area contributed by atoms with Crippen molar-refractivity contribution in [3.8, 4) is 0 Å². The van der Waals surface area contributed by atoms with Gasteiger partial charge in [0.15, 0.2) is 0 Å². The number of piperazine rings is 1. The van der Waals surface area contributed by atoms with Gasteiger partial charge in [0.1, 0.15) is 11.3 Å². The van der Waals surface area contributed by atoms with Crippen LogP contribution < -0.4 is 0 Å². The van der Waals surface area contributed by atoms with Gasteiger partial charge in [-0.3, -0.25) is 9.69 Å². The number of carbonyl (C=O) groups is 1. The number of amides is 1. The highest BCUT2D eigenvalue weighted by atomic mass is 16.5. The molecule has 26 heavy (non-hydrogen) atoms. The van der Waals surface area contributed by atoms with E-state index < -0.39 is 0 Å². The van der Waals surface area contributed by atoms with E-state index in [1.807, 2.05) is 18.7 Å². The smallest absolute Gasteiger partial charge is 0.259 e. The minimum atomic E-state index is 0.116. The van der Waals surface area contributed by atoms with E-state index in [-0.39, 0.29) is 5.91 Å². The van der Waals surface area contributed by atoms with Gasteiger partial charge in [-0.2, -0.15) is 0 Å². The third-order valence-corrected chi connectivity index (χ3v) is 7.73. The third kappa shape index (κ3) is 2.54. The number of hydrogen-bond acceptors (Lipinski definition) is 4. The van der Waals surface area contributed by atoms with Gasteiger partial charge in [0, 0.05) is 31.7 Å². The highest BCUT2D eigenvalue weighted by Crippen LogP contribution is 2.57. The molecule has 5 nitrogen and oxygen atoms in total. The maximum absolute atomic E-state index is 13.0. The highest BCUT2D eigenvalue weighted by molar-refractivity contribution is 5.96. The molecule has 6 rings (SSSR count). The van der Waals surface area contributed by atoms with Crippen molar-refractivity contribution in [2.45, 2.75) is 64.3 Å². The molecule has 2 heterocycles. The lowest BCUT2D eigenvalue weighted by molar-refractivity contribution is -0.0987. The predicted octanol–water partition coefficient (Wildman–Crippen LogP) is 3.27.